The number of carbonyl (C=O) groups excluding carboxylic acids is 3. The molecule has 2 rings (SSSR count). The summed E-state index contributed by atoms with van der Waals surface area (Å²) in [5.41, 5.74) is 0.837. The van der Waals surface area contributed by atoms with Gasteiger partial charge in [-0.2, -0.15) is 0 Å². The van der Waals surface area contributed by atoms with Crippen LogP contribution in [0.15, 0.2) is 54.6 Å². The molecule has 2 N–H and O–H groups in total. The van der Waals surface area contributed by atoms with E-state index in [1.54, 1.807) is 37.3 Å². The van der Waals surface area contributed by atoms with Gasteiger partial charge in [-0.15, -0.1) is 0 Å². The Morgan fingerprint density at radius 2 is 1.78 bits per heavy atom. The number of nitrogens with zero attached hydrogens (tertiary/aromatic N) is 1. The van der Waals surface area contributed by atoms with E-state index in [4.69, 9.17) is 0 Å². The second kappa shape index (κ2) is 9.47. The van der Waals surface area contributed by atoms with E-state index in [9.17, 15) is 18.8 Å². The van der Waals surface area contributed by atoms with Crippen molar-refractivity contribution in [1.29, 1.82) is 0 Å². The molecule has 7 heteroatoms. The van der Waals surface area contributed by atoms with Crippen LogP contribution in [0, 0.1) is 5.82 Å². The maximum atomic E-state index is 13.1. The largest absolute Gasteiger partial charge is 0.349 e. The molecule has 27 heavy (non-hydrogen) atoms. The number of likely N-dealkylation sites (N-methyl/N-ethyl adjacent to an activating group) is 1. The second-order valence-electron chi connectivity index (χ2n) is 6.25. The summed E-state index contributed by atoms with van der Waals surface area (Å²) in [4.78, 5) is 37.6. The first-order valence-corrected chi connectivity index (χ1v) is 8.50. The first-order chi connectivity index (χ1) is 12.8. The molecule has 1 atom stereocenters. The SMILES string of the molecule is C[C@@H](CC(=O)N(C)CC(=O)Nc1cccc(F)c1)NC(=O)c1ccccc1. The van der Waals surface area contributed by atoms with Crippen molar-refractivity contribution in [3.63, 3.8) is 0 Å². The van der Waals surface area contributed by atoms with E-state index in [1.165, 1.54) is 30.1 Å². The number of halogens is 1. The number of carbonyl (C=O) groups is 3. The van der Waals surface area contributed by atoms with Gasteiger partial charge in [-0.25, -0.2) is 4.39 Å². The van der Waals surface area contributed by atoms with Crippen LogP contribution < -0.4 is 10.6 Å². The van der Waals surface area contributed by atoms with E-state index >= 15 is 0 Å². The number of hydrogen-bond acceptors (Lipinski definition) is 3. The average molecular weight is 371 g/mol. The van der Waals surface area contributed by atoms with Gasteiger partial charge in [0.15, 0.2) is 0 Å². The Kier molecular flexibility index (Phi) is 7.05. The van der Waals surface area contributed by atoms with E-state index in [2.05, 4.69) is 10.6 Å². The van der Waals surface area contributed by atoms with Crippen LogP contribution >= 0.6 is 0 Å². The van der Waals surface area contributed by atoms with Gasteiger partial charge in [-0.05, 0) is 37.3 Å². The maximum Gasteiger partial charge on any atom is 0.251 e. The minimum absolute atomic E-state index is 0.0579. The molecule has 0 aliphatic rings. The molecule has 0 heterocycles. The number of rotatable bonds is 7. The van der Waals surface area contributed by atoms with Crippen molar-refractivity contribution in [3.8, 4) is 0 Å². The molecule has 2 aromatic rings. The quantitative estimate of drug-likeness (QED) is 0.785. The highest BCUT2D eigenvalue weighted by atomic mass is 19.1. The second-order valence-corrected chi connectivity index (χ2v) is 6.25. The Morgan fingerprint density at radius 3 is 2.44 bits per heavy atom. The van der Waals surface area contributed by atoms with Gasteiger partial charge in [-0.3, -0.25) is 14.4 Å². The molecule has 0 bridgehead atoms. The lowest BCUT2D eigenvalue weighted by Gasteiger charge is -2.20. The van der Waals surface area contributed by atoms with Crippen LogP contribution in [0.3, 0.4) is 0 Å². The Balaban J connectivity index is 1.80. The summed E-state index contributed by atoms with van der Waals surface area (Å²) in [5.74, 6) is -1.44. The van der Waals surface area contributed by atoms with Crippen LogP contribution in [-0.2, 0) is 9.59 Å². The van der Waals surface area contributed by atoms with Crippen molar-refractivity contribution < 1.29 is 18.8 Å². The lowest BCUT2D eigenvalue weighted by Crippen LogP contribution is -2.40. The van der Waals surface area contributed by atoms with Gasteiger partial charge in [0.25, 0.3) is 5.91 Å². The number of hydrogen-bond donors (Lipinski definition) is 2. The minimum Gasteiger partial charge on any atom is -0.349 e. The smallest absolute Gasteiger partial charge is 0.251 e. The standard InChI is InChI=1S/C20H22FN3O3/c1-14(22-20(27)15-7-4-3-5-8-15)11-19(26)24(2)13-18(25)23-17-10-6-9-16(21)12-17/h3-10,12,14H,11,13H2,1-2H3,(H,22,27)(H,23,25)/t14-/m0/s1. The number of amides is 3. The third-order valence-electron chi connectivity index (χ3n) is 3.81. The van der Waals surface area contributed by atoms with Gasteiger partial charge in [0.2, 0.25) is 11.8 Å². The molecular formula is C20H22FN3O3. The van der Waals surface area contributed by atoms with Crippen molar-refractivity contribution in [1.82, 2.24) is 10.2 Å². The fourth-order valence-corrected chi connectivity index (χ4v) is 2.44. The molecule has 0 aliphatic heterocycles. The number of benzene rings is 2. The van der Waals surface area contributed by atoms with Crippen molar-refractivity contribution in [2.24, 2.45) is 0 Å². The summed E-state index contributed by atoms with van der Waals surface area (Å²) in [7, 11) is 1.50. The third kappa shape index (κ3) is 6.54. The Morgan fingerprint density at radius 1 is 1.07 bits per heavy atom. The summed E-state index contributed by atoms with van der Waals surface area (Å²) in [6.07, 6.45) is 0.0579. The van der Waals surface area contributed by atoms with Crippen LogP contribution in [0.2, 0.25) is 0 Å². The van der Waals surface area contributed by atoms with Gasteiger partial charge >= 0.3 is 0 Å². The van der Waals surface area contributed by atoms with Crippen LogP contribution in [0.4, 0.5) is 10.1 Å². The molecule has 0 aliphatic carbocycles. The number of anilines is 1. The summed E-state index contributed by atoms with van der Waals surface area (Å²) in [6.45, 7) is 1.55. The highest BCUT2D eigenvalue weighted by Crippen LogP contribution is 2.09. The molecule has 6 nitrogen and oxygen atoms in total. The van der Waals surface area contributed by atoms with Gasteiger partial charge in [-0.1, -0.05) is 24.3 Å². The molecule has 0 radical (unpaired) electrons. The maximum absolute atomic E-state index is 13.1. The van der Waals surface area contributed by atoms with Gasteiger partial charge in [0.05, 0.1) is 6.54 Å². The molecule has 0 unspecified atom stereocenters. The highest BCUT2D eigenvalue weighted by molar-refractivity contribution is 5.95. The molecular weight excluding hydrogens is 349 g/mol. The average Bonchev–Trinajstić information content (AvgIpc) is 2.62. The van der Waals surface area contributed by atoms with Crippen molar-refractivity contribution in [2.45, 2.75) is 19.4 Å². The topological polar surface area (TPSA) is 78.5 Å². The van der Waals surface area contributed by atoms with E-state index in [0.717, 1.165) is 0 Å². The van der Waals surface area contributed by atoms with E-state index in [1.807, 2.05) is 6.07 Å². The predicted molar refractivity (Wildman–Crippen MR) is 101 cm³/mol. The molecule has 3 amide bonds. The first kappa shape index (κ1) is 20.1. The Labute approximate surface area is 157 Å². The Bertz CT molecular complexity index is 811. The van der Waals surface area contributed by atoms with Crippen LogP contribution in [0.1, 0.15) is 23.7 Å². The fraction of sp³-hybridized carbons (Fsp3) is 0.250. The zero-order valence-corrected chi connectivity index (χ0v) is 15.2. The summed E-state index contributed by atoms with van der Waals surface area (Å²) in [5, 5.41) is 5.29. The van der Waals surface area contributed by atoms with Crippen LogP contribution in [0.25, 0.3) is 0 Å². The zero-order valence-electron chi connectivity index (χ0n) is 15.2. The molecule has 0 saturated heterocycles. The van der Waals surface area contributed by atoms with Gasteiger partial charge < -0.3 is 15.5 Å². The third-order valence-corrected chi connectivity index (χ3v) is 3.81. The molecule has 0 saturated carbocycles. The lowest BCUT2D eigenvalue weighted by molar-refractivity contribution is -0.133. The van der Waals surface area contributed by atoms with Gasteiger partial charge in [0.1, 0.15) is 5.82 Å². The minimum atomic E-state index is -0.458. The van der Waals surface area contributed by atoms with Crippen molar-refractivity contribution in [3.05, 3.63) is 66.0 Å². The molecule has 0 aromatic heterocycles. The van der Waals surface area contributed by atoms with Crippen molar-refractivity contribution in [2.75, 3.05) is 18.9 Å². The van der Waals surface area contributed by atoms with E-state index < -0.39 is 11.7 Å². The van der Waals surface area contributed by atoms with E-state index in [0.29, 0.717) is 11.3 Å². The van der Waals surface area contributed by atoms with Crippen molar-refractivity contribution >= 4 is 23.4 Å². The number of nitrogens with one attached hydrogen (secondary N) is 2. The highest BCUT2D eigenvalue weighted by Gasteiger charge is 2.18. The van der Waals surface area contributed by atoms with Crippen LogP contribution in [-0.4, -0.2) is 42.3 Å². The fourth-order valence-electron chi connectivity index (χ4n) is 2.44. The summed E-state index contributed by atoms with van der Waals surface area (Å²) in [6, 6.07) is 13.8. The normalized spacial score (nSPS) is 11.4. The monoisotopic (exact) mass is 371 g/mol. The lowest BCUT2D eigenvalue weighted by atomic mass is 10.1. The molecule has 0 spiro atoms. The summed E-state index contributed by atoms with van der Waals surface area (Å²) < 4.78 is 13.1. The molecule has 0 fully saturated rings. The first-order valence-electron chi connectivity index (χ1n) is 8.50. The van der Waals surface area contributed by atoms with Crippen LogP contribution in [0.5, 0.6) is 0 Å². The summed E-state index contributed by atoms with van der Waals surface area (Å²) >= 11 is 0. The zero-order chi connectivity index (χ0) is 19.8. The Hall–Kier alpha value is -3.22. The predicted octanol–water partition coefficient (Wildman–Crippen LogP) is 2.43. The van der Waals surface area contributed by atoms with E-state index in [-0.39, 0.29) is 30.8 Å². The van der Waals surface area contributed by atoms with Gasteiger partial charge in [0, 0.05) is 30.8 Å². The molecule has 2 aromatic carbocycles. The molecule has 142 valence electrons.